The summed E-state index contributed by atoms with van der Waals surface area (Å²) in [6, 6.07) is 12.2. The molecule has 0 spiro atoms. The number of nitrogens with zero attached hydrogens (tertiary/aromatic N) is 1. The molecular weight excluding hydrogens is 379 g/mol. The summed E-state index contributed by atoms with van der Waals surface area (Å²) in [5.74, 6) is 0.355. The Balaban J connectivity index is 1.45. The number of amides is 1. The molecule has 2 aliphatic heterocycles. The van der Waals surface area contributed by atoms with Crippen molar-refractivity contribution in [2.24, 2.45) is 0 Å². The Kier molecular flexibility index (Phi) is 5.83. The Morgan fingerprint density at radius 2 is 1.83 bits per heavy atom. The third-order valence-electron chi connectivity index (χ3n) is 6.80. The molecule has 2 saturated heterocycles. The van der Waals surface area contributed by atoms with Crippen LogP contribution in [0.1, 0.15) is 65.7 Å². The number of aryl methyl sites for hydroxylation is 2. The molecule has 2 aromatic carbocycles. The van der Waals surface area contributed by atoms with Crippen LogP contribution >= 0.6 is 0 Å². The lowest BCUT2D eigenvalue weighted by molar-refractivity contribution is 0.0689. The second kappa shape index (κ2) is 8.38. The van der Waals surface area contributed by atoms with Crippen LogP contribution in [0.5, 0.6) is 5.75 Å². The summed E-state index contributed by atoms with van der Waals surface area (Å²) in [7, 11) is 1.70. The summed E-state index contributed by atoms with van der Waals surface area (Å²) in [6.07, 6.45) is 4.21. The first-order chi connectivity index (χ1) is 14.4. The third-order valence-corrected chi connectivity index (χ3v) is 6.80. The number of carbonyl (C=O) groups is 1. The van der Waals surface area contributed by atoms with Gasteiger partial charge in [-0.05, 0) is 93.5 Å². The highest BCUT2D eigenvalue weighted by atomic mass is 19.1. The van der Waals surface area contributed by atoms with Gasteiger partial charge in [-0.25, -0.2) is 4.39 Å². The topological polar surface area (TPSA) is 41.6 Å². The lowest BCUT2D eigenvalue weighted by Crippen LogP contribution is -2.51. The number of piperidine rings is 1. The molecule has 0 radical (unpaired) electrons. The molecule has 160 valence electrons. The average molecular weight is 411 g/mol. The largest absolute Gasteiger partial charge is 0.497 e. The normalized spacial score (nSPS) is 24.5. The van der Waals surface area contributed by atoms with E-state index in [9.17, 15) is 9.18 Å². The minimum atomic E-state index is -0.362. The molecule has 3 unspecified atom stereocenters. The third kappa shape index (κ3) is 4.08. The number of nitrogens with one attached hydrogen (secondary N) is 1. The summed E-state index contributed by atoms with van der Waals surface area (Å²) in [6.45, 7) is 6.24. The van der Waals surface area contributed by atoms with Gasteiger partial charge in [-0.2, -0.15) is 0 Å². The Morgan fingerprint density at radius 1 is 1.13 bits per heavy atom. The van der Waals surface area contributed by atoms with Crippen LogP contribution in [0.4, 0.5) is 4.39 Å². The first-order valence-corrected chi connectivity index (χ1v) is 10.9. The maximum absolute atomic E-state index is 13.7. The Bertz CT molecular complexity index is 910. The van der Waals surface area contributed by atoms with E-state index in [4.69, 9.17) is 4.74 Å². The molecule has 0 saturated carbocycles. The first kappa shape index (κ1) is 20.9. The van der Waals surface area contributed by atoms with Crippen molar-refractivity contribution in [1.82, 2.24) is 10.2 Å². The lowest BCUT2D eigenvalue weighted by Gasteiger charge is -2.43. The van der Waals surface area contributed by atoms with Crippen LogP contribution in [-0.2, 0) is 0 Å². The number of hydrogen-bond donors (Lipinski definition) is 1. The van der Waals surface area contributed by atoms with Gasteiger partial charge in [0.2, 0.25) is 0 Å². The first-order valence-electron chi connectivity index (χ1n) is 10.9. The van der Waals surface area contributed by atoms with Crippen LogP contribution in [0.3, 0.4) is 0 Å². The van der Waals surface area contributed by atoms with Crippen molar-refractivity contribution in [3.05, 3.63) is 64.5 Å². The van der Waals surface area contributed by atoms with Crippen LogP contribution in [0.15, 0.2) is 36.4 Å². The van der Waals surface area contributed by atoms with Gasteiger partial charge in [0.15, 0.2) is 0 Å². The maximum Gasteiger partial charge on any atom is 0.251 e. The van der Waals surface area contributed by atoms with Gasteiger partial charge in [0.05, 0.1) is 7.11 Å². The highest BCUT2D eigenvalue weighted by Crippen LogP contribution is 2.42. The molecule has 2 fully saturated rings. The van der Waals surface area contributed by atoms with Crippen molar-refractivity contribution >= 4 is 5.91 Å². The van der Waals surface area contributed by atoms with Gasteiger partial charge in [-0.15, -0.1) is 0 Å². The molecule has 30 heavy (non-hydrogen) atoms. The molecule has 1 amide bonds. The zero-order valence-electron chi connectivity index (χ0n) is 18.2. The van der Waals surface area contributed by atoms with Crippen LogP contribution in [0.25, 0.3) is 0 Å². The molecule has 2 heterocycles. The fourth-order valence-electron chi connectivity index (χ4n) is 5.50. The van der Waals surface area contributed by atoms with Crippen LogP contribution < -0.4 is 10.1 Å². The van der Waals surface area contributed by atoms with E-state index >= 15 is 0 Å². The van der Waals surface area contributed by atoms with E-state index in [-0.39, 0.29) is 17.8 Å². The van der Waals surface area contributed by atoms with Crippen molar-refractivity contribution in [3.63, 3.8) is 0 Å². The number of ether oxygens (including phenoxy) is 1. The fraction of sp³-hybridized carbons (Fsp3) is 0.480. The van der Waals surface area contributed by atoms with E-state index in [1.807, 2.05) is 6.07 Å². The molecule has 0 aromatic heterocycles. The van der Waals surface area contributed by atoms with E-state index in [2.05, 4.69) is 36.2 Å². The summed E-state index contributed by atoms with van der Waals surface area (Å²) < 4.78 is 19.0. The zero-order valence-corrected chi connectivity index (χ0v) is 18.2. The van der Waals surface area contributed by atoms with E-state index in [1.165, 1.54) is 23.3 Å². The molecule has 2 aliphatic rings. The minimum absolute atomic E-state index is 0.138. The molecule has 2 aromatic rings. The zero-order chi connectivity index (χ0) is 21.4. The van der Waals surface area contributed by atoms with Gasteiger partial charge in [0.1, 0.15) is 11.6 Å². The second-order valence-corrected chi connectivity index (χ2v) is 8.89. The van der Waals surface area contributed by atoms with Crippen molar-refractivity contribution in [2.75, 3.05) is 7.11 Å². The van der Waals surface area contributed by atoms with Crippen LogP contribution in [0.2, 0.25) is 0 Å². The summed E-state index contributed by atoms with van der Waals surface area (Å²) in [5, 5.41) is 3.17. The molecule has 4 rings (SSSR count). The number of carbonyl (C=O) groups excluding carboxylic acids is 1. The Labute approximate surface area is 178 Å². The average Bonchev–Trinajstić information content (AvgIpc) is 2.97. The highest BCUT2D eigenvalue weighted by Gasteiger charge is 2.43. The predicted octanol–water partition coefficient (Wildman–Crippen LogP) is 4.94. The molecule has 2 bridgehead atoms. The molecule has 3 atom stereocenters. The molecule has 0 aliphatic carbocycles. The van der Waals surface area contributed by atoms with Gasteiger partial charge >= 0.3 is 0 Å². The van der Waals surface area contributed by atoms with Gasteiger partial charge in [0, 0.05) is 29.7 Å². The molecular formula is C25H31FN2O2. The van der Waals surface area contributed by atoms with Gasteiger partial charge < -0.3 is 10.1 Å². The van der Waals surface area contributed by atoms with Crippen LogP contribution in [-0.4, -0.2) is 36.0 Å². The number of fused-ring (bicyclic) bond motifs is 2. The van der Waals surface area contributed by atoms with Gasteiger partial charge in [-0.1, -0.05) is 6.07 Å². The quantitative estimate of drug-likeness (QED) is 0.759. The molecule has 5 heteroatoms. The van der Waals surface area contributed by atoms with Crippen molar-refractivity contribution in [2.45, 2.75) is 70.6 Å². The highest BCUT2D eigenvalue weighted by molar-refractivity contribution is 5.94. The fourth-order valence-corrected chi connectivity index (χ4v) is 5.50. The number of halogens is 1. The van der Waals surface area contributed by atoms with E-state index in [1.54, 1.807) is 20.1 Å². The van der Waals surface area contributed by atoms with Crippen molar-refractivity contribution in [1.29, 1.82) is 0 Å². The predicted molar refractivity (Wildman–Crippen MR) is 116 cm³/mol. The van der Waals surface area contributed by atoms with Crippen molar-refractivity contribution < 1.29 is 13.9 Å². The van der Waals surface area contributed by atoms with E-state index < -0.39 is 0 Å². The van der Waals surface area contributed by atoms with Gasteiger partial charge in [0.25, 0.3) is 5.91 Å². The Hall–Kier alpha value is -2.40. The monoisotopic (exact) mass is 410 g/mol. The SMILES string of the molecule is COc1ccc(C(C)N2C3CCC2CC(NC(=O)c2cc(C)cc(F)c2)C3)c(C)c1. The number of hydrogen-bond acceptors (Lipinski definition) is 3. The minimum Gasteiger partial charge on any atom is -0.497 e. The molecule has 4 nitrogen and oxygen atoms in total. The second-order valence-electron chi connectivity index (χ2n) is 8.89. The summed E-state index contributed by atoms with van der Waals surface area (Å²) in [4.78, 5) is 15.3. The number of benzene rings is 2. The summed E-state index contributed by atoms with van der Waals surface area (Å²) in [5.41, 5.74) is 3.76. The summed E-state index contributed by atoms with van der Waals surface area (Å²) >= 11 is 0. The number of methoxy groups -OCH3 is 1. The smallest absolute Gasteiger partial charge is 0.251 e. The van der Waals surface area contributed by atoms with Crippen molar-refractivity contribution in [3.8, 4) is 5.75 Å². The van der Waals surface area contributed by atoms with Gasteiger partial charge in [-0.3, -0.25) is 9.69 Å². The Morgan fingerprint density at radius 3 is 2.43 bits per heavy atom. The van der Waals surface area contributed by atoms with E-state index in [0.717, 1.165) is 37.0 Å². The molecule has 1 N–H and O–H groups in total. The lowest BCUT2D eigenvalue weighted by atomic mass is 9.92. The van der Waals surface area contributed by atoms with E-state index in [0.29, 0.717) is 23.7 Å². The standard InChI is InChI=1S/C25H31FN2O2/c1-15-9-18(12-19(26)10-15)25(29)27-20-13-21-5-6-22(14-20)28(21)17(3)24-8-7-23(30-4)11-16(24)2/h7-12,17,20-22H,5-6,13-14H2,1-4H3,(H,27,29). The maximum atomic E-state index is 13.7. The van der Waals surface area contributed by atoms with Crippen LogP contribution in [0, 0.1) is 19.7 Å². The number of rotatable bonds is 5.